The van der Waals surface area contributed by atoms with Gasteiger partial charge >= 0.3 is 5.91 Å². The van der Waals surface area contributed by atoms with E-state index in [4.69, 9.17) is 0 Å². The number of amides is 1. The molecule has 0 unspecified atom stereocenters. The molecule has 1 aliphatic heterocycles. The fourth-order valence-corrected chi connectivity index (χ4v) is 0.657. The van der Waals surface area contributed by atoms with Gasteiger partial charge in [0.1, 0.15) is 0 Å². The van der Waals surface area contributed by atoms with Gasteiger partial charge in [0.05, 0.1) is 5.57 Å². The molecule has 0 saturated heterocycles. The maximum Gasteiger partial charge on any atom is 0.318 e. The van der Waals surface area contributed by atoms with Crippen LogP contribution in [0.1, 0.15) is 0 Å². The molecule has 1 aliphatic rings. The summed E-state index contributed by atoms with van der Waals surface area (Å²) >= 11 is 0. The highest BCUT2D eigenvalue weighted by Crippen LogP contribution is 2.01. The first-order chi connectivity index (χ1) is 4.84. The molecule has 0 radical (unpaired) electrons. The van der Waals surface area contributed by atoms with Crippen molar-refractivity contribution < 1.29 is 4.79 Å². The third-order valence-corrected chi connectivity index (χ3v) is 1.12. The Kier molecular flexibility index (Phi) is 1.94. The quantitative estimate of drug-likeness (QED) is 0.531. The van der Waals surface area contributed by atoms with E-state index in [1.54, 1.807) is 12.2 Å². The van der Waals surface area contributed by atoms with Crippen molar-refractivity contribution in [2.45, 2.75) is 0 Å². The Morgan fingerprint density at radius 2 is 2.50 bits per heavy atom. The lowest BCUT2D eigenvalue weighted by molar-refractivity contribution is -0.114. The summed E-state index contributed by atoms with van der Waals surface area (Å²) in [5, 5.41) is 5.05. The molecule has 0 aromatic heterocycles. The van der Waals surface area contributed by atoms with Gasteiger partial charge in [-0.05, 0) is 0 Å². The number of hydrogen-bond donors (Lipinski definition) is 1. The molecule has 0 aliphatic carbocycles. The van der Waals surface area contributed by atoms with Crippen molar-refractivity contribution >= 4 is 5.91 Å². The summed E-state index contributed by atoms with van der Waals surface area (Å²) in [6.45, 7) is 0.690. The first-order valence-electron chi connectivity index (χ1n) is 2.82. The van der Waals surface area contributed by atoms with Crippen molar-refractivity contribution in [3.63, 3.8) is 0 Å². The average Bonchev–Trinajstić information content (AvgIpc) is 2.05. The summed E-state index contributed by atoms with van der Waals surface area (Å²) in [7, 11) is 0. The molecule has 1 amide bonds. The Morgan fingerprint density at radius 3 is 3.00 bits per heavy atom. The lowest BCUT2D eigenvalue weighted by Crippen LogP contribution is -2.12. The van der Waals surface area contributed by atoms with E-state index in [9.17, 15) is 9.70 Å². The fourth-order valence-electron chi connectivity index (χ4n) is 0.657. The molecular formula is C6H6N2O2. The molecule has 4 nitrogen and oxygen atoms in total. The Balaban J connectivity index is 2.72. The van der Waals surface area contributed by atoms with Crippen LogP contribution < -0.4 is 5.32 Å². The van der Waals surface area contributed by atoms with Crippen molar-refractivity contribution in [2.75, 3.05) is 6.54 Å². The number of hydrogen-bond acceptors (Lipinski definition) is 3. The van der Waals surface area contributed by atoms with Crippen molar-refractivity contribution in [3.05, 3.63) is 28.8 Å². The minimum Gasteiger partial charge on any atom is -0.387 e. The van der Waals surface area contributed by atoms with E-state index in [1.807, 2.05) is 0 Å². The first kappa shape index (κ1) is 6.67. The molecule has 0 spiro atoms. The Morgan fingerprint density at radius 1 is 1.70 bits per heavy atom. The number of nitrogens with zero attached hydrogens (tertiary/aromatic N) is 1. The highest BCUT2D eigenvalue weighted by atomic mass is 16.3. The topological polar surface area (TPSA) is 58.5 Å². The van der Waals surface area contributed by atoms with Crippen LogP contribution >= 0.6 is 0 Å². The third kappa shape index (κ3) is 1.28. The van der Waals surface area contributed by atoms with Gasteiger partial charge < -0.3 is 5.32 Å². The van der Waals surface area contributed by atoms with Crippen LogP contribution in [0.4, 0.5) is 0 Å². The zero-order valence-electron chi connectivity index (χ0n) is 5.20. The summed E-state index contributed by atoms with van der Waals surface area (Å²) in [4.78, 5) is 20.2. The second kappa shape index (κ2) is 2.91. The molecule has 0 atom stereocenters. The van der Waals surface area contributed by atoms with E-state index in [0.29, 0.717) is 12.1 Å². The number of nitroso groups, excluding NO2 is 1. The van der Waals surface area contributed by atoms with Crippen molar-refractivity contribution in [1.29, 1.82) is 0 Å². The fraction of sp³-hybridized carbons (Fsp3) is 0.167. The van der Waals surface area contributed by atoms with Crippen molar-refractivity contribution in [3.8, 4) is 0 Å². The molecule has 4 heteroatoms. The molecule has 0 aromatic carbocycles. The van der Waals surface area contributed by atoms with E-state index < -0.39 is 5.91 Å². The highest BCUT2D eigenvalue weighted by Gasteiger charge is 2.06. The van der Waals surface area contributed by atoms with E-state index >= 15 is 0 Å². The molecule has 52 valence electrons. The summed E-state index contributed by atoms with van der Waals surface area (Å²) in [5.74, 6) is -0.733. The predicted molar refractivity (Wildman–Crippen MR) is 36.0 cm³/mol. The van der Waals surface area contributed by atoms with Gasteiger partial charge in [0.2, 0.25) is 0 Å². The lowest BCUT2D eigenvalue weighted by Gasteiger charge is -2.02. The monoisotopic (exact) mass is 138 g/mol. The smallest absolute Gasteiger partial charge is 0.318 e. The third-order valence-electron chi connectivity index (χ3n) is 1.12. The minimum atomic E-state index is -0.733. The Labute approximate surface area is 57.6 Å². The molecule has 10 heavy (non-hydrogen) atoms. The first-order valence-corrected chi connectivity index (χ1v) is 2.82. The van der Waals surface area contributed by atoms with E-state index in [0.717, 1.165) is 0 Å². The van der Waals surface area contributed by atoms with Gasteiger partial charge in [0.15, 0.2) is 0 Å². The molecule has 0 fully saturated rings. The molecule has 0 saturated carbocycles. The molecule has 1 heterocycles. The Bertz CT molecular complexity index is 218. The van der Waals surface area contributed by atoms with Crippen LogP contribution in [-0.2, 0) is 4.79 Å². The van der Waals surface area contributed by atoms with Crippen LogP contribution in [-0.4, -0.2) is 12.5 Å². The van der Waals surface area contributed by atoms with Gasteiger partial charge in [-0.3, -0.25) is 4.79 Å². The predicted octanol–water partition coefficient (Wildman–Crippen LogP) is 0.323. The Hall–Kier alpha value is -1.45. The van der Waals surface area contributed by atoms with Crippen LogP contribution in [0.5, 0.6) is 0 Å². The second-order valence-corrected chi connectivity index (χ2v) is 1.81. The summed E-state index contributed by atoms with van der Waals surface area (Å²) in [5.41, 5.74) is 0.307. The molecule has 0 bridgehead atoms. The van der Waals surface area contributed by atoms with Gasteiger partial charge in [-0.2, -0.15) is 0 Å². The summed E-state index contributed by atoms with van der Waals surface area (Å²) in [6.07, 6.45) is 4.79. The number of carbonyl (C=O) groups excluding carboxylic acids is 1. The minimum absolute atomic E-state index is 0.307. The second-order valence-electron chi connectivity index (χ2n) is 1.81. The van der Waals surface area contributed by atoms with Crippen molar-refractivity contribution in [1.82, 2.24) is 5.32 Å². The number of rotatable bonds is 1. The van der Waals surface area contributed by atoms with E-state index in [-0.39, 0.29) is 0 Å². The average molecular weight is 138 g/mol. The molecular weight excluding hydrogens is 132 g/mol. The summed E-state index contributed by atoms with van der Waals surface area (Å²) in [6, 6.07) is 0. The van der Waals surface area contributed by atoms with Crippen LogP contribution in [0, 0.1) is 4.91 Å². The van der Waals surface area contributed by atoms with Gasteiger partial charge in [-0.1, -0.05) is 12.2 Å². The van der Waals surface area contributed by atoms with Gasteiger partial charge in [0, 0.05) is 17.9 Å². The SMILES string of the molecule is O=NC(=O)C1=CNCC=C1. The molecule has 1 N–H and O–H groups in total. The number of nitrogens with one attached hydrogen (secondary N) is 1. The maximum absolute atomic E-state index is 10.5. The maximum atomic E-state index is 10.5. The van der Waals surface area contributed by atoms with Gasteiger partial charge in [-0.15, -0.1) is 4.91 Å². The largest absolute Gasteiger partial charge is 0.387 e. The zero-order chi connectivity index (χ0) is 7.40. The summed E-state index contributed by atoms with van der Waals surface area (Å²) < 4.78 is 0. The van der Waals surface area contributed by atoms with Crippen LogP contribution in [0.3, 0.4) is 0 Å². The highest BCUT2D eigenvalue weighted by molar-refractivity contribution is 5.96. The molecule has 1 rings (SSSR count). The zero-order valence-corrected chi connectivity index (χ0v) is 5.20. The van der Waals surface area contributed by atoms with Gasteiger partial charge in [0.25, 0.3) is 0 Å². The van der Waals surface area contributed by atoms with Gasteiger partial charge in [-0.25, -0.2) is 0 Å². The van der Waals surface area contributed by atoms with Crippen molar-refractivity contribution in [2.24, 2.45) is 5.18 Å². The van der Waals surface area contributed by atoms with E-state index in [2.05, 4.69) is 10.5 Å². The lowest BCUT2D eigenvalue weighted by atomic mass is 10.2. The standard InChI is InChI=1S/C6H6N2O2/c9-6(8-10)5-2-1-3-7-4-5/h1-2,4,7H,3H2. The number of dihydropyridines is 1. The number of carbonyl (C=O) groups is 1. The van der Waals surface area contributed by atoms with E-state index in [1.165, 1.54) is 6.20 Å². The molecule has 0 aromatic rings. The van der Waals surface area contributed by atoms with Crippen LogP contribution in [0.25, 0.3) is 0 Å². The normalized spacial score (nSPS) is 15.4. The van der Waals surface area contributed by atoms with Crippen LogP contribution in [0.15, 0.2) is 29.1 Å². The van der Waals surface area contributed by atoms with Crippen LogP contribution in [0.2, 0.25) is 0 Å².